The number of aromatic nitrogens is 3. The minimum Gasteiger partial charge on any atom is -0.290 e. The molecule has 2 aromatic heterocycles. The van der Waals surface area contributed by atoms with E-state index < -0.39 is 15.4 Å². The van der Waals surface area contributed by atoms with Crippen molar-refractivity contribution in [2.75, 3.05) is 13.1 Å². The fourth-order valence-electron chi connectivity index (χ4n) is 5.14. The van der Waals surface area contributed by atoms with E-state index in [0.717, 1.165) is 16.8 Å². The van der Waals surface area contributed by atoms with Gasteiger partial charge < -0.3 is 0 Å². The first-order chi connectivity index (χ1) is 18.2. The molecule has 7 nitrogen and oxygen atoms in total. The Bertz CT molecular complexity index is 1700. The number of Topliss-reactive ketones (excluding diaryl/α,β-unsaturated/α-hetero) is 1. The molecule has 1 fully saturated rings. The molecule has 0 amide bonds. The van der Waals surface area contributed by atoms with E-state index in [1.54, 1.807) is 34.6 Å². The van der Waals surface area contributed by atoms with Gasteiger partial charge in [0.05, 0.1) is 37.9 Å². The fourth-order valence-corrected chi connectivity index (χ4v) is 7.70. The van der Waals surface area contributed by atoms with E-state index in [9.17, 15) is 17.6 Å². The molecule has 2 aromatic carbocycles. The zero-order valence-electron chi connectivity index (χ0n) is 19.6. The second kappa shape index (κ2) is 9.39. The van der Waals surface area contributed by atoms with Gasteiger partial charge in [0.1, 0.15) is 5.82 Å². The highest BCUT2D eigenvalue weighted by Crippen LogP contribution is 2.47. The zero-order chi connectivity index (χ0) is 26.7. The van der Waals surface area contributed by atoms with E-state index in [2.05, 4.69) is 10.1 Å². The van der Waals surface area contributed by atoms with Gasteiger partial charge in [-0.2, -0.15) is 9.40 Å². The van der Waals surface area contributed by atoms with E-state index in [4.69, 9.17) is 23.2 Å². The Balaban J connectivity index is 1.44. The smallest absolute Gasteiger partial charge is 0.243 e. The Hall–Kier alpha value is -2.89. The molecule has 0 N–H and O–H groups in total. The molecule has 0 radical (unpaired) electrons. The number of piperidine rings is 1. The SMILES string of the molecule is O=C(c1nccs1)[C@]12Cc3cnn(-c4ccc(F)cc4)c3C=C1CCN(S(=O)(=O)c1ccc(Cl)c(Cl)c1)C2. The summed E-state index contributed by atoms with van der Waals surface area (Å²) in [4.78, 5) is 18.3. The van der Waals surface area contributed by atoms with E-state index in [1.807, 2.05) is 6.08 Å². The lowest BCUT2D eigenvalue weighted by molar-refractivity contribution is 0.0775. The van der Waals surface area contributed by atoms with Crippen LogP contribution >= 0.6 is 34.5 Å². The van der Waals surface area contributed by atoms with Crippen molar-refractivity contribution in [2.45, 2.75) is 17.7 Å². The Labute approximate surface area is 232 Å². The summed E-state index contributed by atoms with van der Waals surface area (Å²) in [6.07, 6.45) is 5.75. The number of hydrogen-bond donors (Lipinski definition) is 0. The predicted octanol–water partition coefficient (Wildman–Crippen LogP) is 5.68. The number of fused-ring (bicyclic) bond motifs is 2. The van der Waals surface area contributed by atoms with Crippen LogP contribution in [0.1, 0.15) is 27.5 Å². The second-order valence-electron chi connectivity index (χ2n) is 9.20. The Morgan fingerprint density at radius 2 is 1.89 bits per heavy atom. The van der Waals surface area contributed by atoms with Crippen molar-refractivity contribution < 1.29 is 17.6 Å². The molecule has 0 bridgehead atoms. The lowest BCUT2D eigenvalue weighted by Crippen LogP contribution is -2.53. The highest BCUT2D eigenvalue weighted by atomic mass is 35.5. The number of hydrogen-bond acceptors (Lipinski definition) is 6. The highest BCUT2D eigenvalue weighted by molar-refractivity contribution is 7.89. The molecular formula is C26H19Cl2FN4O3S2. The molecular weight excluding hydrogens is 570 g/mol. The monoisotopic (exact) mass is 588 g/mol. The molecule has 1 aliphatic carbocycles. The van der Waals surface area contributed by atoms with Gasteiger partial charge in [0.2, 0.25) is 15.8 Å². The number of thiazole rings is 1. The summed E-state index contributed by atoms with van der Waals surface area (Å²) in [6, 6.07) is 10.2. The molecule has 1 aliphatic heterocycles. The number of carbonyl (C=O) groups excluding carboxylic acids is 1. The van der Waals surface area contributed by atoms with Crippen molar-refractivity contribution in [1.29, 1.82) is 0 Å². The third-order valence-corrected chi connectivity index (χ3v) is 10.4. The summed E-state index contributed by atoms with van der Waals surface area (Å²) in [5.74, 6) is -0.579. The molecule has 2 aliphatic rings. The molecule has 1 saturated heterocycles. The first-order valence-corrected chi connectivity index (χ1v) is 14.7. The number of ketones is 1. The largest absolute Gasteiger partial charge is 0.290 e. The summed E-state index contributed by atoms with van der Waals surface area (Å²) in [5, 5.41) is 6.94. The van der Waals surface area contributed by atoms with Crippen molar-refractivity contribution >= 4 is 56.4 Å². The highest BCUT2D eigenvalue weighted by Gasteiger charge is 2.51. The van der Waals surface area contributed by atoms with E-state index >= 15 is 0 Å². The van der Waals surface area contributed by atoms with Crippen LogP contribution in [-0.4, -0.2) is 46.4 Å². The van der Waals surface area contributed by atoms with Crippen molar-refractivity contribution in [3.05, 3.63) is 97.9 Å². The van der Waals surface area contributed by atoms with Gasteiger partial charge in [-0.15, -0.1) is 11.3 Å². The topological polar surface area (TPSA) is 85.2 Å². The van der Waals surface area contributed by atoms with Gasteiger partial charge in [-0.3, -0.25) is 4.79 Å². The zero-order valence-corrected chi connectivity index (χ0v) is 22.8. The minimum absolute atomic E-state index is 0.0109. The lowest BCUT2D eigenvalue weighted by Gasteiger charge is -2.44. The lowest BCUT2D eigenvalue weighted by atomic mass is 9.66. The minimum atomic E-state index is -3.97. The van der Waals surface area contributed by atoms with Gasteiger partial charge in [-0.05, 0) is 66.9 Å². The summed E-state index contributed by atoms with van der Waals surface area (Å²) in [6.45, 7) is 0.127. The van der Waals surface area contributed by atoms with E-state index in [-0.39, 0.29) is 46.1 Å². The molecule has 4 aromatic rings. The van der Waals surface area contributed by atoms with Crippen LogP contribution in [0.15, 0.2) is 70.7 Å². The van der Waals surface area contributed by atoms with Crippen LogP contribution < -0.4 is 0 Å². The number of sulfonamides is 1. The standard InChI is InChI=1S/C26H19Cl2FN4O3S2/c27-21-6-5-20(12-22(21)28)38(35,36)32-9-7-17-11-23-16(14-31-33(23)19-3-1-18(29)2-4-19)13-26(17,15-32)24(34)25-30-8-10-37-25/h1-6,8,10-12,14H,7,9,13,15H2/t26-/m0/s1. The average molecular weight is 590 g/mol. The Kier molecular flexibility index (Phi) is 6.27. The van der Waals surface area contributed by atoms with Gasteiger partial charge in [-0.25, -0.2) is 22.5 Å². The van der Waals surface area contributed by atoms with Crippen molar-refractivity contribution in [2.24, 2.45) is 5.41 Å². The molecule has 12 heteroatoms. The van der Waals surface area contributed by atoms with Crippen LogP contribution in [0.5, 0.6) is 0 Å². The summed E-state index contributed by atoms with van der Waals surface area (Å²) in [7, 11) is -3.97. The first kappa shape index (κ1) is 25.4. The van der Waals surface area contributed by atoms with Gasteiger partial charge >= 0.3 is 0 Å². The normalized spacial score (nSPS) is 19.5. The molecule has 38 heavy (non-hydrogen) atoms. The van der Waals surface area contributed by atoms with Crippen LogP contribution in [0.25, 0.3) is 11.8 Å². The molecule has 3 heterocycles. The number of halogens is 3. The van der Waals surface area contributed by atoms with Gasteiger partial charge in [-0.1, -0.05) is 28.8 Å². The van der Waals surface area contributed by atoms with Gasteiger partial charge in [0.25, 0.3) is 0 Å². The third kappa shape index (κ3) is 4.11. The maximum atomic E-state index is 14.0. The molecule has 194 valence electrons. The summed E-state index contributed by atoms with van der Waals surface area (Å²) < 4.78 is 43.9. The van der Waals surface area contributed by atoms with Crippen LogP contribution in [0, 0.1) is 11.2 Å². The Morgan fingerprint density at radius 3 is 2.61 bits per heavy atom. The Morgan fingerprint density at radius 1 is 1.11 bits per heavy atom. The maximum absolute atomic E-state index is 14.0. The van der Waals surface area contributed by atoms with Crippen LogP contribution in [-0.2, 0) is 16.4 Å². The van der Waals surface area contributed by atoms with Crippen molar-refractivity contribution in [3.8, 4) is 5.69 Å². The van der Waals surface area contributed by atoms with Crippen molar-refractivity contribution in [3.63, 3.8) is 0 Å². The van der Waals surface area contributed by atoms with E-state index in [1.165, 1.54) is 46.0 Å². The molecule has 0 unspecified atom stereocenters. The predicted molar refractivity (Wildman–Crippen MR) is 144 cm³/mol. The number of rotatable bonds is 5. The maximum Gasteiger partial charge on any atom is 0.243 e. The molecule has 0 saturated carbocycles. The number of benzene rings is 2. The summed E-state index contributed by atoms with van der Waals surface area (Å²) in [5.41, 5.74) is 1.92. The van der Waals surface area contributed by atoms with Crippen LogP contribution in [0.3, 0.4) is 0 Å². The van der Waals surface area contributed by atoms with Gasteiger partial charge in [0, 0.05) is 24.7 Å². The third-order valence-electron chi connectivity index (χ3n) is 7.04. The first-order valence-electron chi connectivity index (χ1n) is 11.6. The van der Waals surface area contributed by atoms with Crippen LogP contribution in [0.4, 0.5) is 4.39 Å². The average Bonchev–Trinajstić information content (AvgIpc) is 3.59. The van der Waals surface area contributed by atoms with Crippen molar-refractivity contribution in [1.82, 2.24) is 19.1 Å². The van der Waals surface area contributed by atoms with Crippen LogP contribution in [0.2, 0.25) is 10.0 Å². The molecule has 0 spiro atoms. The summed E-state index contributed by atoms with van der Waals surface area (Å²) >= 11 is 13.3. The van der Waals surface area contributed by atoms with E-state index in [0.29, 0.717) is 17.1 Å². The quantitative estimate of drug-likeness (QED) is 0.280. The second-order valence-corrected chi connectivity index (χ2v) is 12.8. The molecule has 1 atom stereocenters. The molecule has 6 rings (SSSR count). The number of nitrogens with zero attached hydrogens (tertiary/aromatic N) is 4. The van der Waals surface area contributed by atoms with Gasteiger partial charge in [0.15, 0.2) is 5.01 Å². The fraction of sp³-hybridized carbons (Fsp3) is 0.192. The number of carbonyl (C=O) groups is 1.